The summed E-state index contributed by atoms with van der Waals surface area (Å²) in [7, 11) is 0. The van der Waals surface area contributed by atoms with Crippen molar-refractivity contribution in [3.63, 3.8) is 0 Å². The Morgan fingerprint density at radius 3 is 2.63 bits per heavy atom. The third kappa shape index (κ3) is 5.07. The lowest BCUT2D eigenvalue weighted by Crippen LogP contribution is -2.38. The smallest absolute Gasteiger partial charge is 0.230 e. The van der Waals surface area contributed by atoms with E-state index in [2.05, 4.69) is 15.5 Å². The molecule has 1 aliphatic heterocycles. The quantitative estimate of drug-likeness (QED) is 0.836. The molecule has 160 valence electrons. The molecule has 1 aromatic carbocycles. The Morgan fingerprint density at radius 2 is 1.83 bits per heavy atom. The molecule has 1 atom stereocenters. The minimum Gasteiger partial charge on any atom is -0.356 e. The lowest BCUT2D eigenvalue weighted by Gasteiger charge is -2.25. The summed E-state index contributed by atoms with van der Waals surface area (Å²) in [6, 6.07) is 9.77. The molecule has 2 amide bonds. The van der Waals surface area contributed by atoms with Crippen LogP contribution in [0.5, 0.6) is 0 Å². The van der Waals surface area contributed by atoms with E-state index >= 15 is 0 Å². The molecule has 2 aromatic rings. The first-order valence-corrected chi connectivity index (χ1v) is 11.1. The summed E-state index contributed by atoms with van der Waals surface area (Å²) in [5.41, 5.74) is 0.922. The molecule has 2 aliphatic rings. The van der Waals surface area contributed by atoms with Crippen LogP contribution < -0.4 is 5.32 Å². The van der Waals surface area contributed by atoms with Gasteiger partial charge in [0.25, 0.3) is 0 Å². The minimum absolute atomic E-state index is 0.00428. The van der Waals surface area contributed by atoms with E-state index in [9.17, 15) is 9.59 Å². The van der Waals surface area contributed by atoms with Crippen LogP contribution in [0.2, 0.25) is 0 Å². The second-order valence-corrected chi connectivity index (χ2v) is 8.36. The molecule has 1 unspecified atom stereocenters. The number of carbonyl (C=O) groups excluding carboxylic acids is 2. The lowest BCUT2D eigenvalue weighted by atomic mass is 9.98. The molecule has 30 heavy (non-hydrogen) atoms. The first kappa shape index (κ1) is 20.6. The first-order valence-electron chi connectivity index (χ1n) is 11.1. The molecule has 7 nitrogen and oxygen atoms in total. The summed E-state index contributed by atoms with van der Waals surface area (Å²) in [5.74, 6) is 1.61. The van der Waals surface area contributed by atoms with Crippen LogP contribution in [0.3, 0.4) is 0 Å². The van der Waals surface area contributed by atoms with E-state index in [1.807, 2.05) is 35.2 Å². The average molecular weight is 411 g/mol. The largest absolute Gasteiger partial charge is 0.356 e. The highest BCUT2D eigenvalue weighted by Crippen LogP contribution is 2.29. The highest BCUT2D eigenvalue weighted by molar-refractivity contribution is 5.80. The highest BCUT2D eigenvalue weighted by Gasteiger charge is 2.28. The highest BCUT2D eigenvalue weighted by atomic mass is 16.5. The zero-order valence-electron chi connectivity index (χ0n) is 17.4. The van der Waals surface area contributed by atoms with Crippen molar-refractivity contribution in [3.05, 3.63) is 36.2 Å². The first-order chi connectivity index (χ1) is 14.7. The van der Waals surface area contributed by atoms with Crippen molar-refractivity contribution in [2.24, 2.45) is 5.92 Å². The minimum atomic E-state index is -0.00428. The predicted molar refractivity (Wildman–Crippen MR) is 112 cm³/mol. The molecule has 2 fully saturated rings. The average Bonchev–Trinajstić information content (AvgIpc) is 3.46. The van der Waals surface area contributed by atoms with E-state index in [4.69, 9.17) is 4.52 Å². The third-order valence-corrected chi connectivity index (χ3v) is 6.24. The van der Waals surface area contributed by atoms with Gasteiger partial charge in [0, 0.05) is 43.5 Å². The summed E-state index contributed by atoms with van der Waals surface area (Å²) in [5, 5.41) is 7.13. The van der Waals surface area contributed by atoms with Gasteiger partial charge >= 0.3 is 0 Å². The van der Waals surface area contributed by atoms with E-state index in [-0.39, 0.29) is 23.7 Å². The fourth-order valence-electron chi connectivity index (χ4n) is 4.50. The van der Waals surface area contributed by atoms with Crippen LogP contribution in [0.15, 0.2) is 34.9 Å². The maximum Gasteiger partial charge on any atom is 0.230 e. The van der Waals surface area contributed by atoms with Crippen molar-refractivity contribution < 1.29 is 14.1 Å². The molecule has 1 aliphatic carbocycles. The third-order valence-electron chi connectivity index (χ3n) is 6.24. The Bertz CT molecular complexity index is 845. The summed E-state index contributed by atoms with van der Waals surface area (Å²) in [6.45, 7) is 1.76. The van der Waals surface area contributed by atoms with Crippen molar-refractivity contribution >= 4 is 11.8 Å². The van der Waals surface area contributed by atoms with Crippen molar-refractivity contribution in [1.29, 1.82) is 0 Å². The molecular formula is C23H30N4O3. The number of benzene rings is 1. The number of nitrogens with one attached hydrogen (secondary N) is 1. The zero-order chi connectivity index (χ0) is 20.8. The van der Waals surface area contributed by atoms with Gasteiger partial charge in [0.1, 0.15) is 0 Å². The molecule has 1 N–H and O–H groups in total. The number of hydrogen-bond acceptors (Lipinski definition) is 5. The molecule has 0 spiro atoms. The standard InChI is InChI=1S/C23H30N4O3/c28-20-13-16-27(23(29)19-9-4-5-10-19)15-6-11-18(12-14-24-20)22-25-21(26-30-22)17-7-2-1-3-8-17/h1-3,7-8,18-19H,4-6,9-16H2,(H,24,28). The number of rotatable bonds is 3. The van der Waals surface area contributed by atoms with Crippen molar-refractivity contribution in [3.8, 4) is 11.4 Å². The van der Waals surface area contributed by atoms with E-state index in [1.165, 1.54) is 0 Å². The molecule has 7 heteroatoms. The van der Waals surface area contributed by atoms with Gasteiger partial charge in [-0.15, -0.1) is 0 Å². The van der Waals surface area contributed by atoms with Gasteiger partial charge in [0.2, 0.25) is 23.5 Å². The van der Waals surface area contributed by atoms with E-state index in [1.54, 1.807) is 0 Å². The molecule has 0 radical (unpaired) electrons. The fourth-order valence-corrected chi connectivity index (χ4v) is 4.50. The molecule has 4 rings (SSSR count). The van der Waals surface area contributed by atoms with Gasteiger partial charge in [-0.25, -0.2) is 0 Å². The van der Waals surface area contributed by atoms with Crippen molar-refractivity contribution in [2.75, 3.05) is 19.6 Å². The van der Waals surface area contributed by atoms with Gasteiger partial charge in [0.05, 0.1) is 0 Å². The number of amides is 2. The topological polar surface area (TPSA) is 88.3 Å². The van der Waals surface area contributed by atoms with Crippen LogP contribution >= 0.6 is 0 Å². The lowest BCUT2D eigenvalue weighted by molar-refractivity contribution is -0.136. The molecule has 2 heterocycles. The molecule has 0 bridgehead atoms. The summed E-state index contributed by atoms with van der Waals surface area (Å²) >= 11 is 0. The summed E-state index contributed by atoms with van der Waals surface area (Å²) < 4.78 is 5.59. The molecule has 1 saturated carbocycles. The second kappa shape index (κ2) is 9.87. The van der Waals surface area contributed by atoms with E-state index < -0.39 is 0 Å². The van der Waals surface area contributed by atoms with Crippen LogP contribution in [-0.4, -0.2) is 46.5 Å². The maximum absolute atomic E-state index is 12.9. The molecule has 1 aromatic heterocycles. The van der Waals surface area contributed by atoms with Gasteiger partial charge in [-0.3, -0.25) is 9.59 Å². The molecule has 1 saturated heterocycles. The van der Waals surface area contributed by atoms with E-state index in [0.717, 1.165) is 50.5 Å². The molecular weight excluding hydrogens is 380 g/mol. The van der Waals surface area contributed by atoms with Crippen LogP contribution in [0.25, 0.3) is 11.4 Å². The van der Waals surface area contributed by atoms with Crippen LogP contribution in [0, 0.1) is 5.92 Å². The van der Waals surface area contributed by atoms with Gasteiger partial charge in [-0.2, -0.15) is 4.98 Å². The number of nitrogens with zero attached hydrogens (tertiary/aromatic N) is 3. The van der Waals surface area contributed by atoms with Crippen LogP contribution in [0.1, 0.15) is 63.2 Å². The summed E-state index contributed by atoms with van der Waals surface area (Å²) in [4.78, 5) is 31.7. The maximum atomic E-state index is 12.9. The predicted octanol–water partition coefficient (Wildman–Crippen LogP) is 3.53. The van der Waals surface area contributed by atoms with Crippen molar-refractivity contribution in [1.82, 2.24) is 20.4 Å². The van der Waals surface area contributed by atoms with Gasteiger partial charge in [-0.05, 0) is 32.1 Å². The SMILES string of the molecule is O=C1CCN(C(=O)C2CCCC2)CCCC(c2nc(-c3ccccc3)no2)CCN1. The monoisotopic (exact) mass is 410 g/mol. The fraction of sp³-hybridized carbons (Fsp3) is 0.565. The summed E-state index contributed by atoms with van der Waals surface area (Å²) in [6.07, 6.45) is 7.05. The van der Waals surface area contributed by atoms with Crippen molar-refractivity contribution in [2.45, 2.75) is 57.3 Å². The Labute approximate surface area is 177 Å². The van der Waals surface area contributed by atoms with Gasteiger partial charge < -0.3 is 14.7 Å². The van der Waals surface area contributed by atoms with E-state index in [0.29, 0.717) is 37.8 Å². The Kier molecular flexibility index (Phi) is 6.77. The second-order valence-electron chi connectivity index (χ2n) is 8.36. The Morgan fingerprint density at radius 1 is 1.03 bits per heavy atom. The number of hydrogen-bond donors (Lipinski definition) is 1. The van der Waals surface area contributed by atoms with Gasteiger partial charge in [0.15, 0.2) is 0 Å². The van der Waals surface area contributed by atoms with Gasteiger partial charge in [-0.1, -0.05) is 48.3 Å². The zero-order valence-corrected chi connectivity index (χ0v) is 17.4. The number of aromatic nitrogens is 2. The Hall–Kier alpha value is -2.70. The van der Waals surface area contributed by atoms with Crippen LogP contribution in [0.4, 0.5) is 0 Å². The van der Waals surface area contributed by atoms with Crippen LogP contribution in [-0.2, 0) is 9.59 Å². The normalized spacial score (nSPS) is 21.8. The number of carbonyl (C=O) groups is 2. The Balaban J connectivity index is 1.44.